The third-order valence-electron chi connectivity index (χ3n) is 5.55. The zero-order valence-electron chi connectivity index (χ0n) is 14.8. The van der Waals surface area contributed by atoms with Crippen LogP contribution in [0.3, 0.4) is 0 Å². The van der Waals surface area contributed by atoms with Crippen LogP contribution in [-0.2, 0) is 4.79 Å². The van der Waals surface area contributed by atoms with Crippen LogP contribution >= 0.6 is 0 Å². The van der Waals surface area contributed by atoms with Gasteiger partial charge < -0.3 is 0 Å². The topological polar surface area (TPSA) is 47.3 Å². The molecule has 1 aliphatic carbocycles. The fourth-order valence-electron chi connectivity index (χ4n) is 4.37. The molecule has 0 spiro atoms. The van der Waals surface area contributed by atoms with E-state index in [1.165, 1.54) is 19.3 Å². The van der Waals surface area contributed by atoms with Crippen LogP contribution in [0.5, 0.6) is 0 Å². The van der Waals surface area contributed by atoms with E-state index in [1.54, 1.807) is 0 Å². The van der Waals surface area contributed by atoms with Gasteiger partial charge in [-0.2, -0.15) is 5.26 Å². The molecular weight excluding hydrogens is 322 g/mol. The first-order valence-electron chi connectivity index (χ1n) is 9.41. The summed E-state index contributed by atoms with van der Waals surface area (Å²) in [6, 6.07) is 21.7. The van der Waals surface area contributed by atoms with Gasteiger partial charge in [0.15, 0.2) is 6.04 Å². The van der Waals surface area contributed by atoms with Gasteiger partial charge in [-0.05, 0) is 30.5 Å². The third-order valence-corrected chi connectivity index (χ3v) is 5.55. The summed E-state index contributed by atoms with van der Waals surface area (Å²) in [5.74, 6) is -0.113. The van der Waals surface area contributed by atoms with Crippen LogP contribution < -0.4 is 4.90 Å². The van der Waals surface area contributed by atoms with Gasteiger partial charge in [-0.15, -0.1) is 0 Å². The van der Waals surface area contributed by atoms with E-state index >= 15 is 0 Å². The molecule has 4 nitrogen and oxygen atoms in total. The number of rotatable bonds is 3. The van der Waals surface area contributed by atoms with Crippen molar-refractivity contribution in [2.75, 3.05) is 4.90 Å². The maximum atomic E-state index is 13.2. The average molecular weight is 345 g/mol. The second kappa shape index (κ2) is 7.31. The van der Waals surface area contributed by atoms with E-state index in [0.29, 0.717) is 0 Å². The normalized spacial score (nSPS) is 24.6. The zero-order chi connectivity index (χ0) is 17.9. The number of hydrogen-bond donors (Lipinski definition) is 0. The number of amides is 1. The Labute approximate surface area is 154 Å². The summed E-state index contributed by atoms with van der Waals surface area (Å²) in [7, 11) is 0. The summed E-state index contributed by atoms with van der Waals surface area (Å²) in [6.07, 6.45) is 5.46. The van der Waals surface area contributed by atoms with Gasteiger partial charge in [-0.3, -0.25) is 14.6 Å². The monoisotopic (exact) mass is 345 g/mol. The second-order valence-corrected chi connectivity index (χ2v) is 7.10. The molecule has 1 saturated heterocycles. The minimum Gasteiger partial charge on any atom is -0.290 e. The van der Waals surface area contributed by atoms with Crippen molar-refractivity contribution in [1.29, 1.82) is 5.26 Å². The molecule has 132 valence electrons. The molecule has 0 radical (unpaired) electrons. The highest BCUT2D eigenvalue weighted by atomic mass is 16.2. The number of para-hydroxylation sites is 1. The number of benzene rings is 2. The molecule has 0 aromatic heterocycles. The number of anilines is 1. The SMILES string of the molecule is N#C[C@@H]1C(=O)N(c2ccccc2)[C@@H](c2ccccc2)N1C1CCCCC1. The van der Waals surface area contributed by atoms with Crippen LogP contribution in [0.4, 0.5) is 5.69 Å². The minimum absolute atomic E-state index is 0.113. The summed E-state index contributed by atoms with van der Waals surface area (Å²) in [6.45, 7) is 0. The largest absolute Gasteiger partial charge is 0.290 e. The molecule has 0 bridgehead atoms. The first-order chi connectivity index (χ1) is 12.8. The maximum absolute atomic E-state index is 13.2. The van der Waals surface area contributed by atoms with Crippen molar-refractivity contribution < 1.29 is 4.79 Å². The van der Waals surface area contributed by atoms with E-state index < -0.39 is 6.04 Å². The lowest BCUT2D eigenvalue weighted by molar-refractivity contribution is -0.118. The molecule has 2 aromatic carbocycles. The van der Waals surface area contributed by atoms with Gasteiger partial charge in [0.25, 0.3) is 5.91 Å². The molecule has 1 amide bonds. The molecule has 2 aromatic rings. The smallest absolute Gasteiger partial charge is 0.260 e. The van der Waals surface area contributed by atoms with E-state index in [-0.39, 0.29) is 18.1 Å². The van der Waals surface area contributed by atoms with Crippen LogP contribution in [0.25, 0.3) is 0 Å². The van der Waals surface area contributed by atoms with Gasteiger partial charge in [-0.1, -0.05) is 67.8 Å². The maximum Gasteiger partial charge on any atom is 0.260 e. The molecule has 1 saturated carbocycles. The predicted octanol–water partition coefficient (Wildman–Crippen LogP) is 4.26. The van der Waals surface area contributed by atoms with E-state index in [0.717, 1.165) is 24.1 Å². The fourth-order valence-corrected chi connectivity index (χ4v) is 4.37. The number of carbonyl (C=O) groups is 1. The van der Waals surface area contributed by atoms with Crippen molar-refractivity contribution in [2.24, 2.45) is 0 Å². The van der Waals surface area contributed by atoms with Crippen molar-refractivity contribution >= 4 is 11.6 Å². The second-order valence-electron chi connectivity index (χ2n) is 7.10. The van der Waals surface area contributed by atoms with Crippen LogP contribution in [-0.4, -0.2) is 22.9 Å². The first kappa shape index (κ1) is 16.8. The van der Waals surface area contributed by atoms with Crippen molar-refractivity contribution in [2.45, 2.75) is 50.4 Å². The number of nitriles is 1. The van der Waals surface area contributed by atoms with Crippen molar-refractivity contribution in [3.63, 3.8) is 0 Å². The zero-order valence-corrected chi connectivity index (χ0v) is 14.8. The predicted molar refractivity (Wildman–Crippen MR) is 101 cm³/mol. The first-order valence-corrected chi connectivity index (χ1v) is 9.41. The summed E-state index contributed by atoms with van der Waals surface area (Å²) >= 11 is 0. The van der Waals surface area contributed by atoms with Gasteiger partial charge >= 0.3 is 0 Å². The van der Waals surface area contributed by atoms with Crippen LogP contribution in [0, 0.1) is 11.3 Å². The van der Waals surface area contributed by atoms with E-state index in [1.807, 2.05) is 53.4 Å². The molecule has 2 fully saturated rings. The van der Waals surface area contributed by atoms with Crippen molar-refractivity contribution in [3.8, 4) is 6.07 Å². The van der Waals surface area contributed by atoms with Crippen LogP contribution in [0.1, 0.15) is 43.8 Å². The molecule has 0 N–H and O–H groups in total. The lowest BCUT2D eigenvalue weighted by Crippen LogP contribution is -2.43. The number of nitrogens with zero attached hydrogens (tertiary/aromatic N) is 3. The van der Waals surface area contributed by atoms with Gasteiger partial charge in [0.1, 0.15) is 6.17 Å². The molecule has 4 heteroatoms. The highest BCUT2D eigenvalue weighted by Crippen LogP contribution is 2.42. The number of hydrogen-bond acceptors (Lipinski definition) is 3. The standard InChI is InChI=1S/C22H23N3O/c23-16-20-22(26)25(19-14-8-3-9-15-19)21(17-10-4-1-5-11-17)24(20)18-12-6-2-7-13-18/h1,3-5,8-11,14-15,18,20-21H,2,6-7,12-13H2/t20-,21+/m1/s1. The van der Waals surface area contributed by atoms with Crippen LogP contribution in [0.2, 0.25) is 0 Å². The molecule has 1 heterocycles. The molecule has 2 atom stereocenters. The summed E-state index contributed by atoms with van der Waals surface area (Å²) < 4.78 is 0. The molecule has 2 aliphatic rings. The Kier molecular flexibility index (Phi) is 4.73. The fraction of sp³-hybridized carbons (Fsp3) is 0.364. The highest BCUT2D eigenvalue weighted by Gasteiger charge is 2.50. The van der Waals surface area contributed by atoms with Crippen LogP contribution in [0.15, 0.2) is 60.7 Å². The lowest BCUT2D eigenvalue weighted by Gasteiger charge is -2.38. The Hall–Kier alpha value is -2.64. The Morgan fingerprint density at radius 1 is 0.885 bits per heavy atom. The highest BCUT2D eigenvalue weighted by molar-refractivity contribution is 6.01. The third kappa shape index (κ3) is 2.89. The van der Waals surface area contributed by atoms with Crippen molar-refractivity contribution in [3.05, 3.63) is 66.2 Å². The average Bonchev–Trinajstić information content (AvgIpc) is 3.02. The Morgan fingerprint density at radius 3 is 2.12 bits per heavy atom. The molecule has 26 heavy (non-hydrogen) atoms. The molecular formula is C22H23N3O. The van der Waals surface area contributed by atoms with E-state index in [9.17, 15) is 10.1 Å². The van der Waals surface area contributed by atoms with E-state index in [2.05, 4.69) is 23.1 Å². The summed E-state index contributed by atoms with van der Waals surface area (Å²) in [5.41, 5.74) is 1.91. The lowest BCUT2D eigenvalue weighted by atomic mass is 9.92. The molecule has 4 rings (SSSR count). The number of carbonyl (C=O) groups excluding carboxylic acids is 1. The molecule has 0 unspecified atom stereocenters. The molecule has 1 aliphatic heterocycles. The summed E-state index contributed by atoms with van der Waals surface area (Å²) in [4.78, 5) is 17.2. The quantitative estimate of drug-likeness (QED) is 0.835. The minimum atomic E-state index is -0.719. The van der Waals surface area contributed by atoms with Gasteiger partial charge in [-0.25, -0.2) is 0 Å². The van der Waals surface area contributed by atoms with Gasteiger partial charge in [0.05, 0.1) is 6.07 Å². The van der Waals surface area contributed by atoms with Crippen molar-refractivity contribution in [1.82, 2.24) is 4.90 Å². The van der Waals surface area contributed by atoms with E-state index in [4.69, 9.17) is 0 Å². The Morgan fingerprint density at radius 2 is 1.50 bits per heavy atom. The van der Waals surface area contributed by atoms with Gasteiger partial charge in [0.2, 0.25) is 0 Å². The Bertz CT molecular complexity index is 793. The summed E-state index contributed by atoms with van der Waals surface area (Å²) in [5, 5.41) is 9.83. The van der Waals surface area contributed by atoms with Gasteiger partial charge in [0, 0.05) is 11.7 Å². The Balaban J connectivity index is 1.82.